The molecule has 1 aliphatic rings. The molecule has 1 aliphatic heterocycles. The fraction of sp³-hybridized carbons (Fsp3) is 0. The van der Waals surface area contributed by atoms with E-state index in [1.807, 2.05) is 0 Å². The Labute approximate surface area is 52.8 Å². The van der Waals surface area contributed by atoms with Crippen molar-refractivity contribution in [3.05, 3.63) is 0 Å². The van der Waals surface area contributed by atoms with Crippen LogP contribution in [0.5, 0.6) is 0 Å². The zero-order valence-corrected chi connectivity index (χ0v) is 7.22. The van der Waals surface area contributed by atoms with Crippen LogP contribution in [0.25, 0.3) is 0 Å². The molecule has 0 aromatic carbocycles. The van der Waals surface area contributed by atoms with E-state index in [4.69, 9.17) is 8.96 Å². The van der Waals surface area contributed by atoms with E-state index >= 15 is 0 Å². The van der Waals surface area contributed by atoms with E-state index in [9.17, 15) is 0 Å². The van der Waals surface area contributed by atoms with Gasteiger partial charge in [-0.05, 0) is 0 Å². The molecule has 0 N–H and O–H groups in total. The SMILES string of the molecule is Cl[Te]1=NSN=[S+]1. The van der Waals surface area contributed by atoms with E-state index in [0.717, 1.165) is 0 Å². The second-order valence-corrected chi connectivity index (χ2v) is 10.6. The van der Waals surface area contributed by atoms with Crippen molar-refractivity contribution in [1.29, 1.82) is 0 Å². The van der Waals surface area contributed by atoms with Gasteiger partial charge in [0, 0.05) is 0 Å². The van der Waals surface area contributed by atoms with E-state index in [1.54, 1.807) is 0 Å². The summed E-state index contributed by atoms with van der Waals surface area (Å²) < 4.78 is 7.66. The number of rotatable bonds is 0. The van der Waals surface area contributed by atoms with Crippen molar-refractivity contribution in [1.82, 2.24) is 0 Å². The van der Waals surface area contributed by atoms with E-state index in [1.165, 1.54) is 20.9 Å². The van der Waals surface area contributed by atoms with Crippen molar-refractivity contribution in [2.75, 3.05) is 0 Å². The minimum atomic E-state index is -1.48. The molecular weight excluding hydrogens is 255 g/mol. The molecule has 34 valence electrons. The molecule has 6 heteroatoms. The van der Waals surface area contributed by atoms with Gasteiger partial charge in [-0.15, -0.1) is 0 Å². The van der Waals surface area contributed by atoms with Crippen molar-refractivity contribution in [2.45, 2.75) is 0 Å². The Kier molecular flexibility index (Phi) is 2.27. The van der Waals surface area contributed by atoms with Crippen LogP contribution in [0, 0.1) is 0 Å². The van der Waals surface area contributed by atoms with Crippen molar-refractivity contribution in [3.8, 4) is 0 Å². The topological polar surface area (TPSA) is 24.7 Å². The third kappa shape index (κ3) is 1.39. The molecule has 1 rings (SSSR count). The minimum absolute atomic E-state index is 1.24. The summed E-state index contributed by atoms with van der Waals surface area (Å²) in [4.78, 5) is 0. The zero-order valence-electron chi connectivity index (χ0n) is 2.50. The van der Waals surface area contributed by atoms with Gasteiger partial charge in [-0.2, -0.15) is 0 Å². The van der Waals surface area contributed by atoms with Gasteiger partial charge in [0.2, 0.25) is 0 Å². The summed E-state index contributed by atoms with van der Waals surface area (Å²) in [6, 6.07) is 0. The van der Waals surface area contributed by atoms with Gasteiger partial charge in [0.25, 0.3) is 0 Å². The van der Waals surface area contributed by atoms with Gasteiger partial charge in [-0.25, -0.2) is 0 Å². The molecule has 2 nitrogen and oxygen atoms in total. The summed E-state index contributed by atoms with van der Waals surface area (Å²) in [6.07, 6.45) is 0. The Morgan fingerprint density at radius 2 is 2.67 bits per heavy atom. The zero-order chi connectivity index (χ0) is 4.41. The first kappa shape index (κ1) is 5.39. The van der Waals surface area contributed by atoms with Gasteiger partial charge in [-0.1, -0.05) is 0 Å². The van der Waals surface area contributed by atoms with Gasteiger partial charge >= 0.3 is 53.1 Å². The van der Waals surface area contributed by atoms with E-state index in [-0.39, 0.29) is 0 Å². The Hall–Kier alpha value is 1.25. The third-order valence-corrected chi connectivity index (χ3v) is 8.72. The number of hydrogen-bond donors (Lipinski definition) is 0. The molecule has 0 aromatic heterocycles. The van der Waals surface area contributed by atoms with Crippen LogP contribution < -0.4 is 0 Å². The van der Waals surface area contributed by atoms with Crippen LogP contribution in [0.3, 0.4) is 0 Å². The van der Waals surface area contributed by atoms with E-state index < -0.39 is 16.9 Å². The van der Waals surface area contributed by atoms with E-state index in [0.29, 0.717) is 0 Å². The Morgan fingerprint density at radius 1 is 1.83 bits per heavy atom. The Bertz CT molecular complexity index is 105. The molecule has 0 saturated heterocycles. The number of halogens is 1. The van der Waals surface area contributed by atoms with Crippen LogP contribution in [-0.4, -0.2) is 16.9 Å². The predicted octanol–water partition coefficient (Wildman–Crippen LogP) is 1.32. The third-order valence-electron chi connectivity index (χ3n) is 0.217. The monoisotopic (exact) mass is 257 g/mol. The van der Waals surface area contributed by atoms with Crippen LogP contribution in [0.15, 0.2) is 6.36 Å². The van der Waals surface area contributed by atoms with E-state index in [2.05, 4.69) is 6.36 Å². The molecule has 0 saturated carbocycles. The molecule has 0 atom stereocenters. The van der Waals surface area contributed by atoms with Crippen LogP contribution in [-0.2, 0) is 8.79 Å². The van der Waals surface area contributed by atoms with Crippen molar-refractivity contribution >= 4 is 46.8 Å². The first-order chi connectivity index (χ1) is 2.89. The van der Waals surface area contributed by atoms with Gasteiger partial charge in [0.1, 0.15) is 0 Å². The fourth-order valence-electron chi connectivity index (χ4n) is 0.0921. The molecule has 1 heterocycles. The number of nitrogens with zero attached hydrogens (tertiary/aromatic N) is 2. The normalized spacial score (nSPS) is 21.5. The van der Waals surface area contributed by atoms with Crippen LogP contribution in [0.1, 0.15) is 0 Å². The molecule has 0 spiro atoms. The van der Waals surface area contributed by atoms with Gasteiger partial charge < -0.3 is 0 Å². The maximum absolute atomic E-state index is 5.56. The molecule has 0 aliphatic carbocycles. The number of hydrogen-bond acceptors (Lipinski definition) is 3. The first-order valence-corrected chi connectivity index (χ1v) is 9.33. The van der Waals surface area contributed by atoms with Gasteiger partial charge in [0.15, 0.2) is 0 Å². The fourth-order valence-corrected chi connectivity index (χ4v) is 6.95. The molecule has 0 radical (unpaired) electrons. The molecule has 0 amide bonds. The maximum atomic E-state index is 5.56. The Morgan fingerprint density at radius 3 is 2.83 bits per heavy atom. The molecular formula is ClN2S2Te+. The summed E-state index contributed by atoms with van der Waals surface area (Å²) in [6.45, 7) is 0. The standard InChI is InChI=1S/ClN2S2Te/c1-6-3-4-2-5-6/q+1. The second-order valence-electron chi connectivity index (χ2n) is 0.512. The predicted molar refractivity (Wildman–Crippen MR) is 31.4 cm³/mol. The van der Waals surface area contributed by atoms with Crippen molar-refractivity contribution in [3.63, 3.8) is 0 Å². The van der Waals surface area contributed by atoms with Crippen LogP contribution >= 0.6 is 21.1 Å². The average Bonchev–Trinajstić information content (AvgIpc) is 1.86. The summed E-state index contributed by atoms with van der Waals surface area (Å²) in [5, 5.41) is 0. The summed E-state index contributed by atoms with van der Waals surface area (Å²) in [5.74, 6) is 0. The molecule has 0 aromatic rings. The second kappa shape index (κ2) is 2.53. The summed E-state index contributed by atoms with van der Waals surface area (Å²) in [7, 11) is 7.02. The van der Waals surface area contributed by atoms with Crippen molar-refractivity contribution in [2.24, 2.45) is 6.36 Å². The van der Waals surface area contributed by atoms with Crippen LogP contribution in [0.2, 0.25) is 0 Å². The molecule has 6 heavy (non-hydrogen) atoms. The van der Waals surface area contributed by atoms with Crippen molar-refractivity contribution < 1.29 is 0 Å². The van der Waals surface area contributed by atoms with Gasteiger partial charge in [0.05, 0.1) is 0 Å². The quantitative estimate of drug-likeness (QED) is 0.364. The molecule has 0 unspecified atom stereocenters. The average molecular weight is 255 g/mol. The Balaban J connectivity index is 2.68. The van der Waals surface area contributed by atoms with Gasteiger partial charge in [-0.3, -0.25) is 0 Å². The molecule has 0 fully saturated rings. The summed E-state index contributed by atoms with van der Waals surface area (Å²) >= 11 is -0.246. The molecule has 0 bridgehead atoms. The summed E-state index contributed by atoms with van der Waals surface area (Å²) in [5.41, 5.74) is 0. The van der Waals surface area contributed by atoms with Crippen LogP contribution in [0.4, 0.5) is 0 Å². The first-order valence-electron chi connectivity index (χ1n) is 1.05.